The second kappa shape index (κ2) is 5.07. The Hall–Kier alpha value is -0.780. The van der Waals surface area contributed by atoms with Crippen molar-refractivity contribution in [2.24, 2.45) is 17.8 Å². The van der Waals surface area contributed by atoms with Crippen LogP contribution < -0.4 is 5.32 Å². The Bertz CT molecular complexity index is 305. The second-order valence-corrected chi connectivity index (χ2v) is 5.34. The van der Waals surface area contributed by atoms with Crippen LogP contribution in [0.2, 0.25) is 0 Å². The number of amides is 1. The van der Waals surface area contributed by atoms with E-state index in [4.69, 9.17) is 0 Å². The summed E-state index contributed by atoms with van der Waals surface area (Å²) in [5.74, 6) is -1.61. The number of halogens is 3. The van der Waals surface area contributed by atoms with Gasteiger partial charge in [-0.1, -0.05) is 0 Å². The zero-order valence-corrected chi connectivity index (χ0v) is 10.5. The van der Waals surface area contributed by atoms with Crippen molar-refractivity contribution in [3.8, 4) is 0 Å². The van der Waals surface area contributed by atoms with Crippen LogP contribution in [-0.4, -0.2) is 43.2 Å². The molecule has 18 heavy (non-hydrogen) atoms. The first kappa shape index (κ1) is 13.6. The van der Waals surface area contributed by atoms with Crippen LogP contribution in [0.3, 0.4) is 0 Å². The minimum absolute atomic E-state index is 0.460. The molecule has 3 atom stereocenters. The molecule has 3 nitrogen and oxygen atoms in total. The van der Waals surface area contributed by atoms with Gasteiger partial charge in [-0.05, 0) is 44.7 Å². The van der Waals surface area contributed by atoms with Crippen LogP contribution in [0.15, 0.2) is 0 Å². The van der Waals surface area contributed by atoms with E-state index in [1.807, 2.05) is 0 Å². The highest BCUT2D eigenvalue weighted by Crippen LogP contribution is 2.31. The normalized spacial score (nSPS) is 30.8. The standard InChI is InChI=1S/C12H19F3N2O/c1-8(12(13,14)15)11(18)17-4-2-9-6-16-7-10(9)3-5-17/h8-10,16H,2-7H2,1H3/t8?,9-,10+. The van der Waals surface area contributed by atoms with E-state index in [1.54, 1.807) is 0 Å². The van der Waals surface area contributed by atoms with Crippen molar-refractivity contribution < 1.29 is 18.0 Å². The Kier molecular flexibility index (Phi) is 3.84. The molecular formula is C12H19F3N2O. The highest BCUT2D eigenvalue weighted by molar-refractivity contribution is 5.79. The number of nitrogens with zero attached hydrogens (tertiary/aromatic N) is 1. The first-order valence-corrected chi connectivity index (χ1v) is 6.46. The van der Waals surface area contributed by atoms with Crippen molar-refractivity contribution in [3.05, 3.63) is 0 Å². The Balaban J connectivity index is 1.96. The fourth-order valence-electron chi connectivity index (χ4n) is 2.85. The summed E-state index contributed by atoms with van der Waals surface area (Å²) in [4.78, 5) is 13.2. The molecule has 6 heteroatoms. The number of hydrogen-bond donors (Lipinski definition) is 1. The van der Waals surface area contributed by atoms with Gasteiger partial charge in [0.25, 0.3) is 0 Å². The van der Waals surface area contributed by atoms with Gasteiger partial charge in [-0.3, -0.25) is 4.79 Å². The molecule has 0 saturated carbocycles. The summed E-state index contributed by atoms with van der Waals surface area (Å²) in [6, 6.07) is 0. The summed E-state index contributed by atoms with van der Waals surface area (Å²) < 4.78 is 37.6. The van der Waals surface area contributed by atoms with Gasteiger partial charge in [-0.15, -0.1) is 0 Å². The number of rotatable bonds is 1. The Labute approximate surface area is 105 Å². The summed E-state index contributed by atoms with van der Waals surface area (Å²) in [6.07, 6.45) is -2.80. The van der Waals surface area contributed by atoms with E-state index in [9.17, 15) is 18.0 Å². The van der Waals surface area contributed by atoms with E-state index in [1.165, 1.54) is 4.90 Å². The molecule has 0 spiro atoms. The smallest absolute Gasteiger partial charge is 0.342 e. The molecule has 2 fully saturated rings. The summed E-state index contributed by atoms with van der Waals surface area (Å²) in [5, 5.41) is 3.30. The van der Waals surface area contributed by atoms with Crippen LogP contribution in [0, 0.1) is 17.8 Å². The molecule has 0 aromatic rings. The average molecular weight is 264 g/mol. The lowest BCUT2D eigenvalue weighted by atomic mass is 9.92. The van der Waals surface area contributed by atoms with Gasteiger partial charge < -0.3 is 10.2 Å². The quantitative estimate of drug-likeness (QED) is 0.781. The van der Waals surface area contributed by atoms with Gasteiger partial charge in [-0.2, -0.15) is 13.2 Å². The van der Waals surface area contributed by atoms with Gasteiger partial charge in [-0.25, -0.2) is 0 Å². The Morgan fingerprint density at radius 2 is 1.72 bits per heavy atom. The molecule has 104 valence electrons. The summed E-state index contributed by atoms with van der Waals surface area (Å²) in [7, 11) is 0. The maximum Gasteiger partial charge on any atom is 0.400 e. The molecule has 0 aromatic heterocycles. The highest BCUT2D eigenvalue weighted by Gasteiger charge is 2.43. The summed E-state index contributed by atoms with van der Waals surface area (Å²) in [5.41, 5.74) is 0. The fraction of sp³-hybridized carbons (Fsp3) is 0.917. The molecule has 2 aliphatic rings. The number of alkyl halides is 3. The van der Waals surface area contributed by atoms with Gasteiger partial charge in [0.15, 0.2) is 0 Å². The largest absolute Gasteiger partial charge is 0.400 e. The van der Waals surface area contributed by atoms with E-state index < -0.39 is 18.0 Å². The topological polar surface area (TPSA) is 32.3 Å². The third-order valence-corrected chi connectivity index (χ3v) is 4.19. The number of hydrogen-bond acceptors (Lipinski definition) is 2. The molecule has 0 aromatic carbocycles. The van der Waals surface area contributed by atoms with Crippen molar-refractivity contribution in [2.75, 3.05) is 26.2 Å². The molecule has 0 radical (unpaired) electrons. The van der Waals surface area contributed by atoms with Crippen molar-refractivity contribution in [2.45, 2.75) is 25.9 Å². The number of fused-ring (bicyclic) bond motifs is 1. The van der Waals surface area contributed by atoms with Crippen LogP contribution in [-0.2, 0) is 4.79 Å². The molecule has 2 rings (SSSR count). The van der Waals surface area contributed by atoms with Gasteiger partial charge >= 0.3 is 6.18 Å². The van der Waals surface area contributed by atoms with Crippen LogP contribution >= 0.6 is 0 Å². The minimum Gasteiger partial charge on any atom is -0.342 e. The maximum atomic E-state index is 12.5. The molecule has 0 bridgehead atoms. The van der Waals surface area contributed by atoms with Gasteiger partial charge in [0.1, 0.15) is 5.92 Å². The fourth-order valence-corrected chi connectivity index (χ4v) is 2.85. The predicted molar refractivity (Wildman–Crippen MR) is 60.9 cm³/mol. The van der Waals surface area contributed by atoms with Crippen LogP contribution in [0.1, 0.15) is 19.8 Å². The predicted octanol–water partition coefficient (Wildman–Crippen LogP) is 1.64. The number of carbonyl (C=O) groups is 1. The first-order chi connectivity index (χ1) is 8.39. The number of nitrogens with one attached hydrogen (secondary N) is 1. The lowest BCUT2D eigenvalue weighted by Gasteiger charge is -2.25. The molecule has 1 unspecified atom stereocenters. The van der Waals surface area contributed by atoms with Crippen molar-refractivity contribution in [3.63, 3.8) is 0 Å². The van der Waals surface area contributed by atoms with E-state index in [-0.39, 0.29) is 0 Å². The molecule has 2 saturated heterocycles. The maximum absolute atomic E-state index is 12.5. The lowest BCUT2D eigenvalue weighted by Crippen LogP contribution is -2.41. The first-order valence-electron chi connectivity index (χ1n) is 6.46. The lowest BCUT2D eigenvalue weighted by molar-refractivity contribution is -0.185. The van der Waals surface area contributed by atoms with Crippen molar-refractivity contribution >= 4 is 5.91 Å². The average Bonchev–Trinajstić information content (AvgIpc) is 2.65. The Morgan fingerprint density at radius 1 is 1.22 bits per heavy atom. The monoisotopic (exact) mass is 264 g/mol. The third-order valence-electron chi connectivity index (χ3n) is 4.19. The Morgan fingerprint density at radius 3 is 2.17 bits per heavy atom. The van der Waals surface area contributed by atoms with E-state index >= 15 is 0 Å². The van der Waals surface area contributed by atoms with E-state index in [0.717, 1.165) is 32.9 Å². The van der Waals surface area contributed by atoms with Gasteiger partial charge in [0, 0.05) is 13.1 Å². The van der Waals surface area contributed by atoms with Gasteiger partial charge in [0.05, 0.1) is 0 Å². The summed E-state index contributed by atoms with van der Waals surface area (Å²) >= 11 is 0. The summed E-state index contributed by atoms with van der Waals surface area (Å²) in [6.45, 7) is 3.74. The molecular weight excluding hydrogens is 245 g/mol. The SMILES string of the molecule is CC(C(=O)N1CC[C@@H]2CNC[C@@H]2CC1)C(F)(F)F. The van der Waals surface area contributed by atoms with Gasteiger partial charge in [0.2, 0.25) is 5.91 Å². The molecule has 1 amide bonds. The van der Waals surface area contributed by atoms with Crippen LogP contribution in [0.4, 0.5) is 13.2 Å². The zero-order valence-electron chi connectivity index (χ0n) is 10.5. The van der Waals surface area contributed by atoms with E-state index in [2.05, 4.69) is 5.32 Å². The van der Waals surface area contributed by atoms with Crippen LogP contribution in [0.25, 0.3) is 0 Å². The molecule has 1 N–H and O–H groups in total. The zero-order chi connectivity index (χ0) is 13.3. The molecule has 0 aliphatic carbocycles. The third kappa shape index (κ3) is 2.79. The number of likely N-dealkylation sites (tertiary alicyclic amines) is 1. The molecule has 2 aliphatic heterocycles. The minimum atomic E-state index is -4.43. The van der Waals surface area contributed by atoms with E-state index in [0.29, 0.717) is 24.9 Å². The van der Waals surface area contributed by atoms with Crippen LogP contribution in [0.5, 0.6) is 0 Å². The number of carbonyl (C=O) groups excluding carboxylic acids is 1. The highest BCUT2D eigenvalue weighted by atomic mass is 19.4. The second-order valence-electron chi connectivity index (χ2n) is 5.34. The molecule has 2 heterocycles. The van der Waals surface area contributed by atoms with Crippen molar-refractivity contribution in [1.82, 2.24) is 10.2 Å². The van der Waals surface area contributed by atoms with Crippen molar-refractivity contribution in [1.29, 1.82) is 0 Å².